The van der Waals surface area contributed by atoms with Gasteiger partial charge in [-0.3, -0.25) is 9.52 Å². The third kappa shape index (κ3) is 4.07. The van der Waals surface area contributed by atoms with Crippen LogP contribution in [0.4, 0.5) is 5.82 Å². The summed E-state index contributed by atoms with van der Waals surface area (Å²) in [5.74, 6) is -0.580. The third-order valence-electron chi connectivity index (χ3n) is 3.63. The van der Waals surface area contributed by atoms with E-state index >= 15 is 0 Å². The molecule has 0 radical (unpaired) electrons. The van der Waals surface area contributed by atoms with Crippen LogP contribution in [0.3, 0.4) is 0 Å². The fourth-order valence-electron chi connectivity index (χ4n) is 2.32. The van der Waals surface area contributed by atoms with E-state index in [-0.39, 0.29) is 26.5 Å². The molecule has 8 nitrogen and oxygen atoms in total. The molecule has 138 valence electrons. The van der Waals surface area contributed by atoms with E-state index < -0.39 is 15.9 Å². The second kappa shape index (κ2) is 7.75. The van der Waals surface area contributed by atoms with Crippen molar-refractivity contribution in [3.63, 3.8) is 0 Å². The first-order valence-electron chi connectivity index (χ1n) is 7.54. The molecule has 11 heteroatoms. The molecule has 0 saturated carbocycles. The number of nitrogens with zero attached hydrogens (tertiary/aromatic N) is 3. The summed E-state index contributed by atoms with van der Waals surface area (Å²) in [6.45, 7) is 1.62. The number of aromatic nitrogens is 2. The number of ether oxygens (including phenoxy) is 1. The topological polar surface area (TPSA) is 101 Å². The van der Waals surface area contributed by atoms with Crippen LogP contribution in [0.15, 0.2) is 35.5 Å². The van der Waals surface area contributed by atoms with Crippen LogP contribution < -0.4 is 4.72 Å². The van der Waals surface area contributed by atoms with Crippen LogP contribution in [-0.4, -0.2) is 55.5 Å². The first kappa shape index (κ1) is 18.8. The van der Waals surface area contributed by atoms with E-state index in [0.29, 0.717) is 26.3 Å². The van der Waals surface area contributed by atoms with E-state index in [1.165, 1.54) is 35.5 Å². The molecule has 0 aliphatic carbocycles. The molecule has 2 heterocycles. The van der Waals surface area contributed by atoms with Crippen molar-refractivity contribution >= 4 is 45.0 Å². The zero-order valence-corrected chi connectivity index (χ0v) is 15.7. The minimum Gasteiger partial charge on any atom is -0.378 e. The Kier molecular flexibility index (Phi) is 5.61. The van der Waals surface area contributed by atoms with Crippen molar-refractivity contribution < 1.29 is 17.9 Å². The fourth-order valence-corrected chi connectivity index (χ4v) is 3.72. The molecule has 2 aromatic rings. The minimum atomic E-state index is -4.03. The lowest BCUT2D eigenvalue weighted by molar-refractivity contribution is 0.0299. The highest BCUT2D eigenvalue weighted by Gasteiger charge is 2.26. The van der Waals surface area contributed by atoms with Crippen LogP contribution in [0.5, 0.6) is 0 Å². The maximum absolute atomic E-state index is 12.6. The Bertz CT molecular complexity index is 933. The Morgan fingerprint density at radius 2 is 1.81 bits per heavy atom. The average molecular weight is 417 g/mol. The van der Waals surface area contributed by atoms with Gasteiger partial charge in [-0.1, -0.05) is 23.2 Å². The fraction of sp³-hybridized carbons (Fsp3) is 0.267. The van der Waals surface area contributed by atoms with Crippen molar-refractivity contribution in [3.8, 4) is 0 Å². The smallest absolute Gasteiger partial charge is 0.276 e. The molecule has 0 atom stereocenters. The summed E-state index contributed by atoms with van der Waals surface area (Å²) in [6, 6.07) is 3.89. The van der Waals surface area contributed by atoms with E-state index in [1.54, 1.807) is 0 Å². The number of anilines is 1. The zero-order chi connectivity index (χ0) is 18.7. The molecule has 1 aromatic heterocycles. The number of rotatable bonds is 4. The highest BCUT2D eigenvalue weighted by atomic mass is 35.5. The number of carbonyl (C=O) groups is 1. The molecule has 1 saturated heterocycles. The van der Waals surface area contributed by atoms with Gasteiger partial charge in [-0.25, -0.2) is 18.4 Å². The maximum atomic E-state index is 12.6. The number of benzene rings is 1. The number of amides is 1. The Hall–Kier alpha value is -1.94. The van der Waals surface area contributed by atoms with Crippen molar-refractivity contribution in [1.29, 1.82) is 0 Å². The molecule has 1 aromatic carbocycles. The summed E-state index contributed by atoms with van der Waals surface area (Å²) in [5.41, 5.74) is -0.0852. The Labute approximate surface area is 160 Å². The zero-order valence-electron chi connectivity index (χ0n) is 13.4. The van der Waals surface area contributed by atoms with Gasteiger partial charge < -0.3 is 9.64 Å². The normalized spacial score (nSPS) is 14.9. The summed E-state index contributed by atoms with van der Waals surface area (Å²) in [6.07, 6.45) is 2.62. The Morgan fingerprint density at radius 3 is 2.50 bits per heavy atom. The molecule has 1 amide bonds. The van der Waals surface area contributed by atoms with Crippen LogP contribution in [0.25, 0.3) is 0 Å². The molecular weight excluding hydrogens is 403 g/mol. The van der Waals surface area contributed by atoms with Gasteiger partial charge in [0.05, 0.1) is 28.2 Å². The number of sulfonamides is 1. The van der Waals surface area contributed by atoms with Gasteiger partial charge in [-0.05, 0) is 18.2 Å². The van der Waals surface area contributed by atoms with E-state index in [0.717, 1.165) is 0 Å². The minimum absolute atomic E-state index is 0.0852. The molecule has 0 spiro atoms. The lowest BCUT2D eigenvalue weighted by Crippen LogP contribution is -2.41. The monoisotopic (exact) mass is 416 g/mol. The van der Waals surface area contributed by atoms with Gasteiger partial charge >= 0.3 is 0 Å². The van der Waals surface area contributed by atoms with Crippen LogP contribution >= 0.6 is 23.2 Å². The number of halogens is 2. The number of hydrogen-bond donors (Lipinski definition) is 1. The lowest BCUT2D eigenvalue weighted by Gasteiger charge is -2.26. The highest BCUT2D eigenvalue weighted by molar-refractivity contribution is 7.92. The molecule has 1 fully saturated rings. The molecule has 1 aliphatic rings. The van der Waals surface area contributed by atoms with Gasteiger partial charge in [0.25, 0.3) is 15.9 Å². The van der Waals surface area contributed by atoms with Crippen LogP contribution in [0.2, 0.25) is 10.0 Å². The summed E-state index contributed by atoms with van der Waals surface area (Å²) in [4.78, 5) is 22.0. The lowest BCUT2D eigenvalue weighted by atomic mass is 10.3. The molecule has 0 unspecified atom stereocenters. The highest BCUT2D eigenvalue weighted by Crippen LogP contribution is 2.26. The van der Waals surface area contributed by atoms with Gasteiger partial charge in [-0.2, -0.15) is 0 Å². The largest absolute Gasteiger partial charge is 0.378 e. The van der Waals surface area contributed by atoms with Crippen molar-refractivity contribution in [2.75, 3.05) is 31.0 Å². The van der Waals surface area contributed by atoms with Gasteiger partial charge in [0.2, 0.25) is 0 Å². The molecule has 0 bridgehead atoms. The van der Waals surface area contributed by atoms with Gasteiger partial charge in [0.15, 0.2) is 11.5 Å². The van der Waals surface area contributed by atoms with Crippen LogP contribution in [0.1, 0.15) is 10.5 Å². The van der Waals surface area contributed by atoms with Crippen LogP contribution in [-0.2, 0) is 14.8 Å². The van der Waals surface area contributed by atoms with Gasteiger partial charge in [-0.15, -0.1) is 0 Å². The standard InChI is InChI=1S/C15H14Cl2N4O4S/c16-11-2-1-10(9-12(11)17)26(23,24)20-14-13(18-3-4-19-14)15(22)21-5-7-25-8-6-21/h1-4,9H,5-8H2,(H,19,20). The Balaban J connectivity index is 1.90. The summed E-state index contributed by atoms with van der Waals surface area (Å²) < 4.78 is 32.7. The van der Waals surface area contributed by atoms with Gasteiger partial charge in [0.1, 0.15) is 0 Å². The second-order valence-corrected chi connectivity index (χ2v) is 7.84. The van der Waals surface area contributed by atoms with E-state index in [2.05, 4.69) is 14.7 Å². The molecule has 3 rings (SSSR count). The first-order valence-corrected chi connectivity index (χ1v) is 9.78. The quantitative estimate of drug-likeness (QED) is 0.817. The summed E-state index contributed by atoms with van der Waals surface area (Å²) >= 11 is 11.7. The molecule has 1 N–H and O–H groups in total. The SMILES string of the molecule is O=C(c1nccnc1NS(=O)(=O)c1ccc(Cl)c(Cl)c1)N1CCOCC1. The second-order valence-electron chi connectivity index (χ2n) is 5.34. The van der Waals surface area contributed by atoms with Crippen molar-refractivity contribution in [3.05, 3.63) is 46.3 Å². The van der Waals surface area contributed by atoms with Crippen LogP contribution in [0, 0.1) is 0 Å². The third-order valence-corrected chi connectivity index (χ3v) is 5.71. The molecule has 26 heavy (non-hydrogen) atoms. The van der Waals surface area contributed by atoms with Crippen molar-refractivity contribution in [1.82, 2.24) is 14.9 Å². The molecular formula is C15H14Cl2N4O4S. The number of carbonyl (C=O) groups excluding carboxylic acids is 1. The Morgan fingerprint density at radius 1 is 1.12 bits per heavy atom. The van der Waals surface area contributed by atoms with E-state index in [9.17, 15) is 13.2 Å². The predicted molar refractivity (Wildman–Crippen MR) is 96.0 cm³/mol. The number of hydrogen-bond acceptors (Lipinski definition) is 6. The molecule has 1 aliphatic heterocycles. The van der Waals surface area contributed by atoms with Gasteiger partial charge in [0, 0.05) is 25.5 Å². The number of nitrogens with one attached hydrogen (secondary N) is 1. The summed E-state index contributed by atoms with van der Waals surface area (Å²) in [5, 5.41) is 0.326. The van der Waals surface area contributed by atoms with Crippen molar-refractivity contribution in [2.24, 2.45) is 0 Å². The number of morpholine rings is 1. The van der Waals surface area contributed by atoms with E-state index in [1.807, 2.05) is 0 Å². The van der Waals surface area contributed by atoms with Crippen molar-refractivity contribution in [2.45, 2.75) is 4.90 Å². The average Bonchev–Trinajstić information content (AvgIpc) is 2.64. The van der Waals surface area contributed by atoms with E-state index in [4.69, 9.17) is 27.9 Å². The maximum Gasteiger partial charge on any atom is 0.276 e. The predicted octanol–water partition coefficient (Wildman–Crippen LogP) is 2.06. The summed E-state index contributed by atoms with van der Waals surface area (Å²) in [7, 11) is -4.03. The first-order chi connectivity index (χ1) is 12.4.